The highest BCUT2D eigenvalue weighted by Gasteiger charge is 2.16. The van der Waals surface area contributed by atoms with Crippen LogP contribution in [0.4, 0.5) is 10.9 Å². The molecule has 0 aliphatic heterocycles. The number of halogens is 2. The smallest absolute Gasteiger partial charge is 0.340 e. The van der Waals surface area contributed by atoms with Crippen molar-refractivity contribution in [1.29, 1.82) is 0 Å². The number of aryl methyl sites for hydroxylation is 1. The van der Waals surface area contributed by atoms with E-state index in [0.29, 0.717) is 33.1 Å². The van der Waals surface area contributed by atoms with Crippen LogP contribution >= 0.6 is 46.8 Å². The lowest BCUT2D eigenvalue weighted by Gasteiger charge is -2.08. The van der Waals surface area contributed by atoms with Gasteiger partial charge in [0.2, 0.25) is 5.95 Å². The molecule has 3 aromatic rings. The molecule has 0 amide bonds. The number of anilines is 2. The van der Waals surface area contributed by atoms with Gasteiger partial charge in [0.25, 0.3) is 0 Å². The third-order valence-corrected chi connectivity index (χ3v) is 5.35. The zero-order chi connectivity index (χ0) is 20.3. The summed E-state index contributed by atoms with van der Waals surface area (Å²) in [5.41, 5.74) is 1.28. The molecule has 0 atom stereocenters. The van der Waals surface area contributed by atoms with Gasteiger partial charge in [0.05, 0.1) is 19.2 Å². The van der Waals surface area contributed by atoms with Crippen molar-refractivity contribution >= 4 is 68.8 Å². The second-order valence-electron chi connectivity index (χ2n) is 5.67. The molecule has 0 aliphatic carbocycles. The second kappa shape index (κ2) is 8.87. The Kier molecular flexibility index (Phi) is 6.50. The Morgan fingerprint density at radius 3 is 2.82 bits per heavy atom. The van der Waals surface area contributed by atoms with Crippen molar-refractivity contribution in [3.8, 4) is 0 Å². The van der Waals surface area contributed by atoms with E-state index >= 15 is 0 Å². The Morgan fingerprint density at radius 2 is 2.11 bits per heavy atom. The van der Waals surface area contributed by atoms with E-state index in [9.17, 15) is 4.79 Å². The number of hydrogen-bond donors (Lipinski definition) is 2. The normalized spacial score (nSPS) is 10.6. The fourth-order valence-corrected chi connectivity index (χ4v) is 3.99. The van der Waals surface area contributed by atoms with E-state index in [1.54, 1.807) is 29.2 Å². The van der Waals surface area contributed by atoms with Crippen LogP contribution in [0.5, 0.6) is 0 Å². The van der Waals surface area contributed by atoms with Crippen molar-refractivity contribution in [2.75, 3.05) is 17.7 Å². The number of rotatable bonds is 5. The first-order chi connectivity index (χ1) is 13.4. The largest absolute Gasteiger partial charge is 0.465 e. The molecular formula is C17H15Cl2N5O2S2. The molecule has 0 spiro atoms. The lowest BCUT2D eigenvalue weighted by molar-refractivity contribution is 0.0602. The first-order valence-electron chi connectivity index (χ1n) is 7.96. The van der Waals surface area contributed by atoms with Crippen LogP contribution in [0.1, 0.15) is 20.8 Å². The van der Waals surface area contributed by atoms with Gasteiger partial charge in [-0.2, -0.15) is 0 Å². The molecule has 2 aromatic heterocycles. The van der Waals surface area contributed by atoms with E-state index in [2.05, 4.69) is 20.7 Å². The molecule has 2 heterocycles. The van der Waals surface area contributed by atoms with Gasteiger partial charge in [-0.15, -0.1) is 16.4 Å². The Balaban J connectivity index is 1.65. The zero-order valence-electron chi connectivity index (χ0n) is 14.8. The molecule has 0 fully saturated rings. The summed E-state index contributed by atoms with van der Waals surface area (Å²) in [7, 11) is 1.33. The molecule has 3 rings (SSSR count). The maximum Gasteiger partial charge on any atom is 0.340 e. The minimum absolute atomic E-state index is 0.259. The average molecular weight is 456 g/mol. The fraction of sp³-hybridized carbons (Fsp3) is 0.176. The van der Waals surface area contributed by atoms with E-state index in [0.717, 1.165) is 10.4 Å². The maximum atomic E-state index is 11.8. The molecule has 11 heteroatoms. The molecular weight excluding hydrogens is 441 g/mol. The van der Waals surface area contributed by atoms with E-state index in [1.807, 2.05) is 13.0 Å². The fourth-order valence-electron chi connectivity index (χ4n) is 2.36. The van der Waals surface area contributed by atoms with Gasteiger partial charge < -0.3 is 10.1 Å². The van der Waals surface area contributed by atoms with Crippen molar-refractivity contribution in [2.24, 2.45) is 0 Å². The van der Waals surface area contributed by atoms with Gasteiger partial charge >= 0.3 is 5.97 Å². The van der Waals surface area contributed by atoms with Gasteiger partial charge in [0, 0.05) is 14.9 Å². The van der Waals surface area contributed by atoms with Crippen LogP contribution in [0, 0.1) is 6.92 Å². The highest BCUT2D eigenvalue weighted by molar-refractivity contribution is 7.80. The number of hydrogen-bond acceptors (Lipinski definition) is 6. The topological polar surface area (TPSA) is 81.1 Å². The van der Waals surface area contributed by atoms with Gasteiger partial charge in [0.1, 0.15) is 11.3 Å². The van der Waals surface area contributed by atoms with Crippen molar-refractivity contribution in [3.63, 3.8) is 0 Å². The molecule has 0 unspecified atom stereocenters. The second-order valence-corrected chi connectivity index (χ2v) is 8.18. The molecule has 0 saturated carbocycles. The predicted octanol–water partition coefficient (Wildman–Crippen LogP) is 4.60. The number of thiophene rings is 1. The third kappa shape index (κ3) is 4.99. The molecule has 7 nitrogen and oxygen atoms in total. The molecule has 2 N–H and O–H groups in total. The average Bonchev–Trinajstić information content (AvgIpc) is 3.22. The van der Waals surface area contributed by atoms with E-state index in [4.69, 9.17) is 40.2 Å². The Bertz CT molecular complexity index is 1030. The number of nitrogens with one attached hydrogen (secondary N) is 2. The quantitative estimate of drug-likeness (QED) is 0.429. The Hall–Kier alpha value is -2.20. The predicted molar refractivity (Wildman–Crippen MR) is 116 cm³/mol. The summed E-state index contributed by atoms with van der Waals surface area (Å²) in [6.45, 7) is 2.32. The number of carbonyl (C=O) groups excluding carboxylic acids is 1. The monoisotopic (exact) mass is 455 g/mol. The van der Waals surface area contributed by atoms with Gasteiger partial charge in [-0.05, 0) is 42.9 Å². The van der Waals surface area contributed by atoms with Crippen molar-refractivity contribution in [2.45, 2.75) is 13.5 Å². The minimum Gasteiger partial charge on any atom is -0.465 e. The Labute approximate surface area is 180 Å². The van der Waals surface area contributed by atoms with Crippen LogP contribution in [0.2, 0.25) is 10.0 Å². The summed E-state index contributed by atoms with van der Waals surface area (Å²) in [6, 6.07) is 7.01. The van der Waals surface area contributed by atoms with Crippen LogP contribution in [-0.4, -0.2) is 33.0 Å². The van der Waals surface area contributed by atoms with Crippen molar-refractivity contribution < 1.29 is 9.53 Å². The van der Waals surface area contributed by atoms with Gasteiger partial charge in [-0.1, -0.05) is 29.3 Å². The summed E-state index contributed by atoms with van der Waals surface area (Å²) in [5, 5.41) is 12.2. The Morgan fingerprint density at radius 1 is 1.32 bits per heavy atom. The van der Waals surface area contributed by atoms with Crippen LogP contribution < -0.4 is 10.6 Å². The van der Waals surface area contributed by atoms with Gasteiger partial charge in [-0.25, -0.2) is 14.5 Å². The highest BCUT2D eigenvalue weighted by atomic mass is 35.5. The summed E-state index contributed by atoms with van der Waals surface area (Å²) in [4.78, 5) is 17.0. The lowest BCUT2D eigenvalue weighted by atomic mass is 10.2. The number of benzene rings is 1. The molecule has 28 heavy (non-hydrogen) atoms. The maximum absolute atomic E-state index is 11.8. The van der Waals surface area contributed by atoms with E-state index < -0.39 is 5.97 Å². The lowest BCUT2D eigenvalue weighted by Crippen LogP contribution is -2.20. The SMILES string of the molecule is COC(=O)c1cc(C)sc1NC(=S)Nc1ncn(Cc2ccc(Cl)cc2Cl)n1. The van der Waals surface area contributed by atoms with Crippen molar-refractivity contribution in [1.82, 2.24) is 14.8 Å². The minimum atomic E-state index is -0.433. The van der Waals surface area contributed by atoms with Crippen LogP contribution in [0.3, 0.4) is 0 Å². The molecule has 0 saturated heterocycles. The van der Waals surface area contributed by atoms with Gasteiger partial charge in [-0.3, -0.25) is 5.32 Å². The number of nitrogens with zero attached hydrogens (tertiary/aromatic N) is 3. The highest BCUT2D eigenvalue weighted by Crippen LogP contribution is 2.28. The molecule has 0 aliphatic rings. The summed E-state index contributed by atoms with van der Waals surface area (Å²) >= 11 is 18.8. The summed E-state index contributed by atoms with van der Waals surface area (Å²) < 4.78 is 6.40. The standard InChI is InChI=1S/C17H15Cl2N5O2S2/c1-9-5-12(15(25)26-2)14(28-9)21-17(27)22-16-20-8-24(23-16)7-10-3-4-11(18)6-13(10)19/h3-6,8H,7H2,1-2H3,(H2,21,22,23,27). The number of carbonyl (C=O) groups is 1. The molecule has 146 valence electrons. The number of methoxy groups -OCH3 is 1. The molecule has 0 bridgehead atoms. The third-order valence-electron chi connectivity index (χ3n) is 3.60. The van der Waals surface area contributed by atoms with Crippen LogP contribution in [-0.2, 0) is 11.3 Å². The van der Waals surface area contributed by atoms with E-state index in [1.165, 1.54) is 18.4 Å². The molecule has 0 radical (unpaired) electrons. The van der Waals surface area contributed by atoms with E-state index in [-0.39, 0.29) is 5.11 Å². The first-order valence-corrected chi connectivity index (χ1v) is 9.94. The number of aromatic nitrogens is 3. The number of ether oxygens (including phenoxy) is 1. The number of esters is 1. The van der Waals surface area contributed by atoms with Crippen LogP contribution in [0.15, 0.2) is 30.6 Å². The van der Waals surface area contributed by atoms with Crippen molar-refractivity contribution in [3.05, 3.63) is 56.6 Å². The first kappa shape index (κ1) is 20.5. The molecule has 1 aromatic carbocycles. The number of thiocarbonyl (C=S) groups is 1. The summed E-state index contributed by atoms with van der Waals surface area (Å²) in [5.74, 6) is -0.118. The summed E-state index contributed by atoms with van der Waals surface area (Å²) in [6.07, 6.45) is 1.56. The van der Waals surface area contributed by atoms with Crippen LogP contribution in [0.25, 0.3) is 0 Å². The van der Waals surface area contributed by atoms with Gasteiger partial charge in [0.15, 0.2) is 5.11 Å². The zero-order valence-corrected chi connectivity index (χ0v) is 18.0.